The maximum absolute atomic E-state index is 8.91. The molecular formula is C16H21NO2S. The van der Waals surface area contributed by atoms with Gasteiger partial charge in [0.05, 0.1) is 12.3 Å². The summed E-state index contributed by atoms with van der Waals surface area (Å²) in [6.07, 6.45) is 1.69. The van der Waals surface area contributed by atoms with Crippen LogP contribution in [0.5, 0.6) is 5.75 Å². The van der Waals surface area contributed by atoms with Gasteiger partial charge in [0.2, 0.25) is 0 Å². The van der Waals surface area contributed by atoms with Gasteiger partial charge in [0.1, 0.15) is 10.8 Å². The minimum absolute atomic E-state index is 0.145. The van der Waals surface area contributed by atoms with Crippen LogP contribution in [0.1, 0.15) is 26.0 Å². The van der Waals surface area contributed by atoms with Gasteiger partial charge in [0.15, 0.2) is 0 Å². The molecule has 0 aliphatic heterocycles. The fourth-order valence-electron chi connectivity index (χ4n) is 1.78. The van der Waals surface area contributed by atoms with Gasteiger partial charge in [-0.3, -0.25) is 0 Å². The Labute approximate surface area is 124 Å². The minimum Gasteiger partial charge on any atom is -0.494 e. The number of rotatable bonds is 7. The van der Waals surface area contributed by atoms with Gasteiger partial charge in [-0.25, -0.2) is 4.98 Å². The van der Waals surface area contributed by atoms with E-state index in [9.17, 15) is 0 Å². The highest BCUT2D eigenvalue weighted by Crippen LogP contribution is 2.26. The van der Waals surface area contributed by atoms with Crippen LogP contribution in [0, 0.1) is 5.92 Å². The maximum atomic E-state index is 8.91. The van der Waals surface area contributed by atoms with Gasteiger partial charge in [-0.05, 0) is 36.6 Å². The second-order valence-electron chi connectivity index (χ2n) is 5.17. The summed E-state index contributed by atoms with van der Waals surface area (Å²) in [5.41, 5.74) is 2.04. The van der Waals surface area contributed by atoms with Crippen molar-refractivity contribution in [1.29, 1.82) is 0 Å². The van der Waals surface area contributed by atoms with Crippen molar-refractivity contribution in [3.05, 3.63) is 35.3 Å². The van der Waals surface area contributed by atoms with Crippen LogP contribution < -0.4 is 4.74 Å². The van der Waals surface area contributed by atoms with Crippen molar-refractivity contribution in [3.63, 3.8) is 0 Å². The van der Waals surface area contributed by atoms with Crippen molar-refractivity contribution in [2.24, 2.45) is 5.92 Å². The summed E-state index contributed by atoms with van der Waals surface area (Å²) in [6, 6.07) is 8.05. The molecule has 1 heterocycles. The highest BCUT2D eigenvalue weighted by molar-refractivity contribution is 7.13. The molecule has 3 nitrogen and oxygen atoms in total. The first-order valence-electron chi connectivity index (χ1n) is 6.97. The van der Waals surface area contributed by atoms with Gasteiger partial charge in [0.25, 0.3) is 0 Å². The van der Waals surface area contributed by atoms with Crippen LogP contribution in [0.15, 0.2) is 29.6 Å². The Kier molecular flexibility index (Phi) is 5.56. The lowest BCUT2D eigenvalue weighted by Gasteiger charge is -2.08. The van der Waals surface area contributed by atoms with Crippen molar-refractivity contribution in [2.45, 2.75) is 26.7 Å². The second kappa shape index (κ2) is 7.41. The van der Waals surface area contributed by atoms with E-state index in [-0.39, 0.29) is 6.61 Å². The van der Waals surface area contributed by atoms with E-state index in [2.05, 4.69) is 18.8 Å². The van der Waals surface area contributed by atoms with Gasteiger partial charge < -0.3 is 9.84 Å². The van der Waals surface area contributed by atoms with Crippen molar-refractivity contribution >= 4 is 11.3 Å². The monoisotopic (exact) mass is 291 g/mol. The van der Waals surface area contributed by atoms with Gasteiger partial charge in [0, 0.05) is 24.0 Å². The Bertz CT molecular complexity index is 520. The number of thiazole rings is 1. The molecule has 0 saturated heterocycles. The normalized spacial score (nSPS) is 11.0. The van der Waals surface area contributed by atoms with Crippen LogP contribution in [0.3, 0.4) is 0 Å². The number of hydrogen-bond donors (Lipinski definition) is 1. The van der Waals surface area contributed by atoms with E-state index in [4.69, 9.17) is 9.84 Å². The van der Waals surface area contributed by atoms with E-state index >= 15 is 0 Å². The Hall–Kier alpha value is -1.39. The smallest absolute Gasteiger partial charge is 0.123 e. The molecule has 0 spiro atoms. The number of benzene rings is 1. The fraction of sp³-hybridized carbons (Fsp3) is 0.438. The van der Waals surface area contributed by atoms with Gasteiger partial charge in [-0.2, -0.15) is 0 Å². The first-order valence-corrected chi connectivity index (χ1v) is 7.85. The summed E-state index contributed by atoms with van der Waals surface area (Å²) >= 11 is 1.61. The zero-order chi connectivity index (χ0) is 14.4. The van der Waals surface area contributed by atoms with Crippen molar-refractivity contribution in [3.8, 4) is 16.3 Å². The summed E-state index contributed by atoms with van der Waals surface area (Å²) in [4.78, 5) is 4.50. The third-order valence-electron chi connectivity index (χ3n) is 2.98. The van der Waals surface area contributed by atoms with Crippen molar-refractivity contribution in [1.82, 2.24) is 4.98 Å². The number of hydrogen-bond acceptors (Lipinski definition) is 4. The summed E-state index contributed by atoms with van der Waals surface area (Å²) in [5.74, 6) is 1.57. The zero-order valence-corrected chi connectivity index (χ0v) is 12.8. The molecule has 2 aromatic rings. The molecule has 0 aliphatic carbocycles. The van der Waals surface area contributed by atoms with E-state index in [1.807, 2.05) is 29.6 Å². The molecule has 0 radical (unpaired) electrons. The maximum Gasteiger partial charge on any atom is 0.123 e. The SMILES string of the molecule is CC(C)CCOc1ccc(-c2nc(CCO)cs2)cc1. The standard InChI is InChI=1S/C16H21NO2S/c1-12(2)8-10-19-15-5-3-13(4-6-15)16-17-14(7-9-18)11-20-16/h3-6,11-12,18H,7-10H2,1-2H3. The highest BCUT2D eigenvalue weighted by atomic mass is 32.1. The Morgan fingerprint density at radius 1 is 1.25 bits per heavy atom. The van der Waals surface area contributed by atoms with Gasteiger partial charge in [-0.15, -0.1) is 11.3 Å². The molecule has 1 N–H and O–H groups in total. The molecule has 1 aromatic heterocycles. The van der Waals surface area contributed by atoms with Gasteiger partial charge in [-0.1, -0.05) is 13.8 Å². The van der Waals surface area contributed by atoms with Crippen molar-refractivity contribution < 1.29 is 9.84 Å². The van der Waals surface area contributed by atoms with Crippen LogP contribution in [0.2, 0.25) is 0 Å². The fourth-order valence-corrected chi connectivity index (χ4v) is 2.64. The number of aromatic nitrogens is 1. The molecule has 2 rings (SSSR count). The van der Waals surface area contributed by atoms with Gasteiger partial charge >= 0.3 is 0 Å². The number of ether oxygens (including phenoxy) is 1. The summed E-state index contributed by atoms with van der Waals surface area (Å²) in [7, 11) is 0. The number of aliphatic hydroxyl groups is 1. The predicted molar refractivity (Wildman–Crippen MR) is 83.3 cm³/mol. The van der Waals surface area contributed by atoms with E-state index in [1.165, 1.54) is 0 Å². The molecular weight excluding hydrogens is 270 g/mol. The van der Waals surface area contributed by atoms with E-state index in [0.717, 1.165) is 35.0 Å². The average Bonchev–Trinajstić information content (AvgIpc) is 2.88. The summed E-state index contributed by atoms with van der Waals surface area (Å²) < 4.78 is 5.70. The minimum atomic E-state index is 0.145. The van der Waals surface area contributed by atoms with E-state index in [1.54, 1.807) is 11.3 Å². The van der Waals surface area contributed by atoms with E-state index < -0.39 is 0 Å². The lowest BCUT2D eigenvalue weighted by atomic mass is 10.1. The molecule has 0 bridgehead atoms. The first kappa shape index (κ1) is 15.0. The molecule has 0 atom stereocenters. The molecule has 0 amide bonds. The third kappa shape index (κ3) is 4.32. The molecule has 0 aliphatic rings. The average molecular weight is 291 g/mol. The molecule has 1 aromatic carbocycles. The molecule has 20 heavy (non-hydrogen) atoms. The third-order valence-corrected chi connectivity index (χ3v) is 3.93. The topological polar surface area (TPSA) is 42.4 Å². The quantitative estimate of drug-likeness (QED) is 0.844. The summed E-state index contributed by atoms with van der Waals surface area (Å²) in [5, 5.41) is 11.9. The summed E-state index contributed by atoms with van der Waals surface area (Å²) in [6.45, 7) is 5.29. The lowest BCUT2D eigenvalue weighted by Crippen LogP contribution is -2.01. The van der Waals surface area contributed by atoms with E-state index in [0.29, 0.717) is 12.3 Å². The largest absolute Gasteiger partial charge is 0.494 e. The van der Waals surface area contributed by atoms with Crippen LogP contribution in [0.4, 0.5) is 0 Å². The van der Waals surface area contributed by atoms with Crippen LogP contribution in [0.25, 0.3) is 10.6 Å². The zero-order valence-electron chi connectivity index (χ0n) is 12.0. The van der Waals surface area contributed by atoms with Crippen molar-refractivity contribution in [2.75, 3.05) is 13.2 Å². The Balaban J connectivity index is 1.96. The lowest BCUT2D eigenvalue weighted by molar-refractivity contribution is 0.289. The number of aliphatic hydroxyl groups excluding tert-OH is 1. The molecule has 4 heteroatoms. The first-order chi connectivity index (χ1) is 9.69. The predicted octanol–water partition coefficient (Wildman–Crippen LogP) is 3.77. The molecule has 0 unspecified atom stereocenters. The van der Waals surface area contributed by atoms with Crippen LogP contribution >= 0.6 is 11.3 Å². The molecule has 0 saturated carbocycles. The number of nitrogens with zero attached hydrogens (tertiary/aromatic N) is 1. The molecule has 108 valence electrons. The van der Waals surface area contributed by atoms with Crippen LogP contribution in [-0.2, 0) is 6.42 Å². The highest BCUT2D eigenvalue weighted by Gasteiger charge is 2.05. The Morgan fingerprint density at radius 2 is 2.00 bits per heavy atom. The second-order valence-corrected chi connectivity index (χ2v) is 6.03. The van der Waals surface area contributed by atoms with Crippen LogP contribution in [-0.4, -0.2) is 23.3 Å². The Morgan fingerprint density at radius 3 is 2.65 bits per heavy atom. The molecule has 0 fully saturated rings.